The highest BCUT2D eigenvalue weighted by molar-refractivity contribution is 9.10. The molecule has 2 aromatic carbocycles. The summed E-state index contributed by atoms with van der Waals surface area (Å²) in [7, 11) is 0. The van der Waals surface area contributed by atoms with Crippen molar-refractivity contribution in [2.24, 2.45) is 0 Å². The van der Waals surface area contributed by atoms with Gasteiger partial charge in [0.1, 0.15) is 23.8 Å². The second kappa shape index (κ2) is 6.94. The lowest BCUT2D eigenvalue weighted by molar-refractivity contribution is -0.111. The highest BCUT2D eigenvalue weighted by atomic mass is 79.9. The van der Waals surface area contributed by atoms with Crippen LogP contribution in [0.4, 0.5) is 26.0 Å². The summed E-state index contributed by atoms with van der Waals surface area (Å²) in [5.74, 6) is -1.41. The Hall–Kier alpha value is -2.87. The van der Waals surface area contributed by atoms with Crippen LogP contribution in [0.5, 0.6) is 0 Å². The first-order valence-electron chi connectivity index (χ1n) is 7.07. The molecule has 1 heterocycles. The predicted molar refractivity (Wildman–Crippen MR) is 95.7 cm³/mol. The van der Waals surface area contributed by atoms with Crippen molar-refractivity contribution in [1.29, 1.82) is 0 Å². The Balaban J connectivity index is 2.07. The van der Waals surface area contributed by atoms with Gasteiger partial charge in [-0.2, -0.15) is 0 Å². The quantitative estimate of drug-likeness (QED) is 0.626. The fourth-order valence-electron chi connectivity index (χ4n) is 2.18. The third-order valence-electron chi connectivity index (χ3n) is 3.35. The summed E-state index contributed by atoms with van der Waals surface area (Å²) < 4.78 is 28.7. The van der Waals surface area contributed by atoms with Gasteiger partial charge < -0.3 is 10.6 Å². The van der Waals surface area contributed by atoms with Crippen molar-refractivity contribution in [3.63, 3.8) is 0 Å². The molecule has 1 amide bonds. The Morgan fingerprint density at radius 3 is 2.60 bits per heavy atom. The second-order valence-electron chi connectivity index (χ2n) is 5.01. The lowest BCUT2D eigenvalue weighted by atomic mass is 10.2. The van der Waals surface area contributed by atoms with Gasteiger partial charge in [0.25, 0.3) is 0 Å². The summed E-state index contributed by atoms with van der Waals surface area (Å²) in [4.78, 5) is 19.5. The zero-order valence-electron chi connectivity index (χ0n) is 12.7. The van der Waals surface area contributed by atoms with Crippen LogP contribution >= 0.6 is 15.9 Å². The summed E-state index contributed by atoms with van der Waals surface area (Å²) in [6.45, 7) is 3.32. The number of nitrogens with zero attached hydrogens (tertiary/aromatic N) is 2. The van der Waals surface area contributed by atoms with E-state index < -0.39 is 17.5 Å². The van der Waals surface area contributed by atoms with Gasteiger partial charge in [0, 0.05) is 15.9 Å². The topological polar surface area (TPSA) is 66.9 Å². The molecule has 0 aliphatic heterocycles. The van der Waals surface area contributed by atoms with Crippen molar-refractivity contribution >= 4 is 49.9 Å². The molecule has 0 radical (unpaired) electrons. The molecular formula is C17H11BrF2N4O. The largest absolute Gasteiger partial charge is 0.337 e. The summed E-state index contributed by atoms with van der Waals surface area (Å²) in [5.41, 5.74) is 0.458. The van der Waals surface area contributed by atoms with Gasteiger partial charge in [0.15, 0.2) is 0 Å². The van der Waals surface area contributed by atoms with Crippen LogP contribution in [0.3, 0.4) is 0 Å². The Morgan fingerprint density at radius 1 is 1.12 bits per heavy atom. The molecular weight excluding hydrogens is 394 g/mol. The van der Waals surface area contributed by atoms with Gasteiger partial charge in [0.05, 0.1) is 16.9 Å². The number of carbonyl (C=O) groups excluding carboxylic acids is 1. The fraction of sp³-hybridized carbons (Fsp3) is 0. The molecule has 0 atom stereocenters. The molecule has 2 N–H and O–H groups in total. The third-order valence-corrected chi connectivity index (χ3v) is 3.84. The molecule has 126 valence electrons. The molecule has 3 rings (SSSR count). The van der Waals surface area contributed by atoms with Crippen LogP contribution in [0, 0.1) is 11.6 Å². The number of hydrogen-bond acceptors (Lipinski definition) is 4. The monoisotopic (exact) mass is 404 g/mol. The Morgan fingerprint density at radius 2 is 1.88 bits per heavy atom. The molecule has 0 bridgehead atoms. The molecule has 0 fully saturated rings. The number of fused-ring (bicyclic) bond motifs is 1. The smallest absolute Gasteiger partial charge is 0.247 e. The Kier molecular flexibility index (Phi) is 4.71. The molecule has 0 spiro atoms. The Labute approximate surface area is 149 Å². The first-order chi connectivity index (χ1) is 12.0. The van der Waals surface area contributed by atoms with Crippen molar-refractivity contribution in [3.8, 4) is 0 Å². The van der Waals surface area contributed by atoms with Crippen LogP contribution in [0.1, 0.15) is 0 Å². The average Bonchev–Trinajstić information content (AvgIpc) is 2.58. The van der Waals surface area contributed by atoms with E-state index >= 15 is 0 Å². The normalized spacial score (nSPS) is 10.5. The SMILES string of the molecule is C=CC(=O)Nc1cc2c(Nc3ccc(Br)cc3F)ncnc2cc1F. The lowest BCUT2D eigenvalue weighted by Gasteiger charge is -2.11. The number of benzene rings is 2. The lowest BCUT2D eigenvalue weighted by Crippen LogP contribution is -2.09. The number of amides is 1. The number of halogens is 3. The molecule has 25 heavy (non-hydrogen) atoms. The van der Waals surface area contributed by atoms with Crippen LogP contribution in [0.15, 0.2) is 53.8 Å². The standard InChI is InChI=1S/C17H11BrF2N4O/c1-2-16(25)23-15-6-10-14(7-12(15)20)21-8-22-17(10)24-13-4-3-9(18)5-11(13)19/h2-8H,1H2,(H,23,25)(H,21,22,24). The third kappa shape index (κ3) is 3.63. The van der Waals surface area contributed by atoms with E-state index in [1.54, 1.807) is 6.07 Å². The highest BCUT2D eigenvalue weighted by Crippen LogP contribution is 2.29. The van der Waals surface area contributed by atoms with Crippen molar-refractivity contribution in [2.75, 3.05) is 10.6 Å². The van der Waals surface area contributed by atoms with E-state index in [1.165, 1.54) is 30.6 Å². The molecule has 3 aromatic rings. The maximum atomic E-state index is 14.1. The zero-order valence-corrected chi connectivity index (χ0v) is 14.3. The number of nitrogens with one attached hydrogen (secondary N) is 2. The summed E-state index contributed by atoms with van der Waals surface area (Å²) in [6, 6.07) is 7.06. The highest BCUT2D eigenvalue weighted by Gasteiger charge is 2.12. The second-order valence-corrected chi connectivity index (χ2v) is 5.93. The average molecular weight is 405 g/mol. The number of anilines is 3. The van der Waals surface area contributed by atoms with Crippen LogP contribution in [-0.4, -0.2) is 15.9 Å². The minimum Gasteiger partial charge on any atom is -0.337 e. The van der Waals surface area contributed by atoms with E-state index in [4.69, 9.17) is 0 Å². The van der Waals surface area contributed by atoms with Crippen LogP contribution in [0.25, 0.3) is 10.9 Å². The molecule has 1 aromatic heterocycles. The number of carbonyl (C=O) groups is 1. The summed E-state index contributed by atoms with van der Waals surface area (Å²) >= 11 is 3.19. The van der Waals surface area contributed by atoms with Gasteiger partial charge in [-0.15, -0.1) is 0 Å². The van der Waals surface area contributed by atoms with Gasteiger partial charge in [-0.25, -0.2) is 18.7 Å². The molecule has 0 saturated carbocycles. The van der Waals surface area contributed by atoms with Crippen LogP contribution in [0.2, 0.25) is 0 Å². The van der Waals surface area contributed by atoms with Crippen molar-refractivity contribution in [1.82, 2.24) is 9.97 Å². The van der Waals surface area contributed by atoms with Gasteiger partial charge in [-0.3, -0.25) is 4.79 Å². The molecule has 0 saturated heterocycles. The van der Waals surface area contributed by atoms with E-state index in [0.29, 0.717) is 15.4 Å². The van der Waals surface area contributed by atoms with Crippen molar-refractivity contribution < 1.29 is 13.6 Å². The van der Waals surface area contributed by atoms with Gasteiger partial charge in [-0.05, 0) is 30.3 Å². The van der Waals surface area contributed by atoms with Crippen LogP contribution < -0.4 is 10.6 Å². The Bertz CT molecular complexity index is 994. The molecule has 0 unspecified atom stereocenters. The van der Waals surface area contributed by atoms with E-state index in [-0.39, 0.29) is 17.2 Å². The van der Waals surface area contributed by atoms with Crippen molar-refractivity contribution in [2.45, 2.75) is 0 Å². The van der Waals surface area contributed by atoms with Crippen LogP contribution in [-0.2, 0) is 4.79 Å². The van der Waals surface area contributed by atoms with E-state index in [0.717, 1.165) is 6.08 Å². The molecule has 0 aliphatic rings. The minimum atomic E-state index is -0.651. The first-order valence-corrected chi connectivity index (χ1v) is 7.87. The summed E-state index contributed by atoms with van der Waals surface area (Å²) in [5, 5.41) is 5.64. The number of rotatable bonds is 4. The van der Waals surface area contributed by atoms with Gasteiger partial charge >= 0.3 is 0 Å². The van der Waals surface area contributed by atoms with Gasteiger partial charge in [-0.1, -0.05) is 22.5 Å². The first kappa shape index (κ1) is 17.0. The van der Waals surface area contributed by atoms with Crippen molar-refractivity contribution in [3.05, 3.63) is 65.4 Å². The predicted octanol–water partition coefficient (Wildman–Crippen LogP) is 4.54. The zero-order chi connectivity index (χ0) is 18.0. The maximum Gasteiger partial charge on any atom is 0.247 e. The molecule has 8 heteroatoms. The van der Waals surface area contributed by atoms with E-state index in [1.807, 2.05) is 0 Å². The fourth-order valence-corrected chi connectivity index (χ4v) is 2.51. The van der Waals surface area contributed by atoms with E-state index in [2.05, 4.69) is 43.1 Å². The molecule has 0 aliphatic carbocycles. The number of hydrogen-bond donors (Lipinski definition) is 2. The maximum absolute atomic E-state index is 14.1. The number of aromatic nitrogens is 2. The summed E-state index contributed by atoms with van der Waals surface area (Å²) in [6.07, 6.45) is 2.27. The minimum absolute atomic E-state index is 0.0495. The van der Waals surface area contributed by atoms with Gasteiger partial charge in [0.2, 0.25) is 5.91 Å². The molecule has 5 nitrogen and oxygen atoms in total. The van der Waals surface area contributed by atoms with E-state index in [9.17, 15) is 13.6 Å².